The Morgan fingerprint density at radius 3 is 1.62 bits per heavy atom. The summed E-state index contributed by atoms with van der Waals surface area (Å²) in [6.45, 7) is 7.55. The van der Waals surface area contributed by atoms with Crippen molar-refractivity contribution in [3.63, 3.8) is 0 Å². The Balaban J connectivity index is 0.975. The quantitative estimate of drug-likeness (QED) is 0.0304. The SMILES string of the molecule is CCCCCCCCCCCCCCCCCC(=O)OCC(COP(=O)(O)OCCCC(=O)COCCOCC(=O)NCCOCCOCCOc1ccc(-c2ccc(C3=Nc4cc(C)ccc4OC3)cc2)cn1)OC(=O)CCCCCCCCCCCCCCCCC. The lowest BCUT2D eigenvalue weighted by Gasteiger charge is -2.20. The average Bonchev–Trinajstić information content (AvgIpc) is 0.823. The number of amides is 1. The molecule has 2 unspecified atom stereocenters. The van der Waals surface area contributed by atoms with Gasteiger partial charge in [-0.2, -0.15) is 0 Å². The number of benzene rings is 2. The van der Waals surface area contributed by atoms with Gasteiger partial charge in [0.2, 0.25) is 11.8 Å². The Labute approximate surface area is 563 Å². The minimum atomic E-state index is -4.62. The number of fused-ring (bicyclic) bond motifs is 1. The minimum absolute atomic E-state index is 0.0109. The van der Waals surface area contributed by atoms with Crippen molar-refractivity contribution in [2.24, 2.45) is 4.99 Å². The maximum Gasteiger partial charge on any atom is 0.472 e. The number of phosphoric ester groups is 1. The molecule has 19 nitrogen and oxygen atoms in total. The van der Waals surface area contributed by atoms with Crippen molar-refractivity contribution in [2.75, 3.05) is 92.4 Å². The van der Waals surface area contributed by atoms with Crippen LogP contribution in [0.1, 0.15) is 243 Å². The van der Waals surface area contributed by atoms with Crippen LogP contribution in [-0.4, -0.2) is 138 Å². The molecular weight excluding hydrogens is 1220 g/mol. The Morgan fingerprint density at radius 2 is 1.04 bits per heavy atom. The molecule has 2 aromatic carbocycles. The van der Waals surface area contributed by atoms with Gasteiger partial charge in [0.05, 0.1) is 58.6 Å². The number of esters is 2. The highest BCUT2D eigenvalue weighted by Gasteiger charge is 2.26. The molecule has 1 amide bonds. The number of Topliss-reactive ketones (excluding diaryl/α,β-unsaturated/α-hetero) is 1. The number of rotatable bonds is 62. The van der Waals surface area contributed by atoms with E-state index >= 15 is 0 Å². The highest BCUT2D eigenvalue weighted by molar-refractivity contribution is 7.47. The summed E-state index contributed by atoms with van der Waals surface area (Å²) in [5.74, 6) is -0.216. The summed E-state index contributed by atoms with van der Waals surface area (Å²) >= 11 is 0. The zero-order valence-corrected chi connectivity index (χ0v) is 58.6. The number of ketones is 1. The van der Waals surface area contributed by atoms with Crippen LogP contribution in [-0.2, 0) is 61.2 Å². The number of hydrogen-bond acceptors (Lipinski definition) is 17. The normalized spacial score (nSPS) is 13.0. The van der Waals surface area contributed by atoms with E-state index in [9.17, 15) is 28.6 Å². The minimum Gasteiger partial charge on any atom is -0.485 e. The van der Waals surface area contributed by atoms with Crippen LogP contribution in [0.4, 0.5) is 5.69 Å². The number of carbonyl (C=O) groups is 4. The first-order valence-electron chi connectivity index (χ1n) is 36.0. The molecule has 1 aliphatic heterocycles. The lowest BCUT2D eigenvalue weighted by atomic mass is 10.0. The number of hydrogen-bond donors (Lipinski definition) is 2. The number of phosphoric acid groups is 1. The average molecular weight is 1340 g/mol. The summed E-state index contributed by atoms with van der Waals surface area (Å²) in [6.07, 6.45) is 37.6. The molecule has 2 heterocycles. The molecule has 2 atom stereocenters. The molecule has 530 valence electrons. The first-order valence-corrected chi connectivity index (χ1v) is 37.5. The molecule has 0 radical (unpaired) electrons. The van der Waals surface area contributed by atoms with Gasteiger partial charge in [0.15, 0.2) is 11.9 Å². The first kappa shape index (κ1) is 81.3. The molecule has 2 N–H and O–H groups in total. The van der Waals surface area contributed by atoms with E-state index in [0.717, 1.165) is 77.9 Å². The lowest BCUT2D eigenvalue weighted by molar-refractivity contribution is -0.161. The van der Waals surface area contributed by atoms with Crippen molar-refractivity contribution in [2.45, 2.75) is 245 Å². The Morgan fingerprint density at radius 1 is 0.532 bits per heavy atom. The van der Waals surface area contributed by atoms with Crippen molar-refractivity contribution in [1.29, 1.82) is 0 Å². The molecule has 0 saturated heterocycles. The van der Waals surface area contributed by atoms with E-state index in [-0.39, 0.29) is 90.2 Å². The summed E-state index contributed by atoms with van der Waals surface area (Å²) in [5.41, 5.74) is 5.86. The zero-order valence-electron chi connectivity index (χ0n) is 57.7. The fourth-order valence-electron chi connectivity index (χ4n) is 10.7. The number of nitrogens with one attached hydrogen (secondary N) is 1. The van der Waals surface area contributed by atoms with Crippen LogP contribution in [0.2, 0.25) is 0 Å². The fourth-order valence-corrected chi connectivity index (χ4v) is 11.5. The molecule has 4 rings (SSSR count). The van der Waals surface area contributed by atoms with Gasteiger partial charge >= 0.3 is 19.8 Å². The van der Waals surface area contributed by atoms with Gasteiger partial charge in [-0.15, -0.1) is 0 Å². The third kappa shape index (κ3) is 41.8. The maximum atomic E-state index is 12.9. The number of aromatic nitrogens is 1. The predicted octanol–water partition coefficient (Wildman–Crippen LogP) is 16.6. The highest BCUT2D eigenvalue weighted by Crippen LogP contribution is 2.43. The van der Waals surface area contributed by atoms with Gasteiger partial charge in [-0.25, -0.2) is 14.5 Å². The smallest absolute Gasteiger partial charge is 0.472 e. The van der Waals surface area contributed by atoms with Crippen LogP contribution < -0.4 is 14.8 Å². The summed E-state index contributed by atoms with van der Waals surface area (Å²) in [7, 11) is -4.62. The molecule has 94 heavy (non-hydrogen) atoms. The number of nitrogens with zero attached hydrogens (tertiary/aromatic N) is 2. The van der Waals surface area contributed by atoms with E-state index in [1.165, 1.54) is 141 Å². The van der Waals surface area contributed by atoms with Crippen molar-refractivity contribution in [3.05, 3.63) is 71.9 Å². The van der Waals surface area contributed by atoms with Crippen molar-refractivity contribution in [3.8, 4) is 22.8 Å². The molecule has 1 aliphatic rings. The van der Waals surface area contributed by atoms with E-state index in [4.69, 9.17) is 51.9 Å². The largest absolute Gasteiger partial charge is 0.485 e. The monoisotopic (exact) mass is 1340 g/mol. The van der Waals surface area contributed by atoms with E-state index in [1.807, 2.05) is 61.5 Å². The Bertz CT molecular complexity index is 2530. The second kappa shape index (κ2) is 54.0. The third-order valence-corrected chi connectivity index (χ3v) is 17.3. The molecule has 20 heteroatoms. The fraction of sp³-hybridized carbons (Fsp3) is 0.703. The summed E-state index contributed by atoms with van der Waals surface area (Å²) < 4.78 is 67.8. The Hall–Kier alpha value is -5.11. The van der Waals surface area contributed by atoms with Gasteiger partial charge < -0.3 is 48.1 Å². The Kier molecular flexibility index (Phi) is 46.7. The molecule has 3 aromatic rings. The number of aliphatic imine (C=N–C) groups is 1. The number of aryl methyl sites for hydroxylation is 1. The number of ether oxygens (including phenoxy) is 8. The summed E-state index contributed by atoms with van der Waals surface area (Å²) in [5, 5.41) is 2.71. The van der Waals surface area contributed by atoms with Crippen molar-refractivity contribution < 1.29 is 75.6 Å². The second-order valence-corrected chi connectivity index (χ2v) is 26.2. The van der Waals surface area contributed by atoms with Crippen LogP contribution in [0.3, 0.4) is 0 Å². The number of carbonyl (C=O) groups excluding carboxylic acids is 4. The van der Waals surface area contributed by atoms with Crippen LogP contribution >= 0.6 is 7.82 Å². The topological polar surface area (TPSA) is 235 Å². The zero-order chi connectivity index (χ0) is 67.2. The predicted molar refractivity (Wildman–Crippen MR) is 370 cm³/mol. The number of pyridine rings is 1. The molecule has 0 fully saturated rings. The van der Waals surface area contributed by atoms with E-state index < -0.39 is 32.5 Å². The van der Waals surface area contributed by atoms with Gasteiger partial charge in [-0.05, 0) is 61.1 Å². The maximum absolute atomic E-state index is 12.9. The molecule has 0 bridgehead atoms. The molecule has 0 aliphatic carbocycles. The van der Waals surface area contributed by atoms with Crippen LogP contribution in [0.15, 0.2) is 65.8 Å². The first-order chi connectivity index (χ1) is 45.9. The van der Waals surface area contributed by atoms with Gasteiger partial charge in [-0.1, -0.05) is 224 Å². The van der Waals surface area contributed by atoms with Crippen molar-refractivity contribution >= 4 is 42.9 Å². The lowest BCUT2D eigenvalue weighted by Crippen LogP contribution is -2.31. The number of unbranched alkanes of at least 4 members (excludes halogenated alkanes) is 28. The van der Waals surface area contributed by atoms with Crippen LogP contribution in [0.5, 0.6) is 11.6 Å². The van der Waals surface area contributed by atoms with Gasteiger partial charge in [0.1, 0.15) is 44.5 Å². The van der Waals surface area contributed by atoms with E-state index in [1.54, 1.807) is 6.20 Å². The molecule has 0 spiro atoms. The van der Waals surface area contributed by atoms with Gasteiger partial charge in [0, 0.05) is 43.6 Å². The van der Waals surface area contributed by atoms with Gasteiger partial charge in [0.25, 0.3) is 0 Å². The van der Waals surface area contributed by atoms with Crippen LogP contribution in [0, 0.1) is 6.92 Å². The van der Waals surface area contributed by atoms with E-state index in [0.29, 0.717) is 51.8 Å². The van der Waals surface area contributed by atoms with E-state index in [2.05, 4.69) is 24.1 Å². The van der Waals surface area contributed by atoms with Gasteiger partial charge in [-0.3, -0.25) is 28.2 Å². The molecule has 0 saturated carbocycles. The molecule has 1 aromatic heterocycles. The van der Waals surface area contributed by atoms with Crippen molar-refractivity contribution in [1.82, 2.24) is 10.3 Å². The second-order valence-electron chi connectivity index (χ2n) is 24.7. The summed E-state index contributed by atoms with van der Waals surface area (Å²) in [4.78, 5) is 70.0. The standard InChI is InChI=1S/C74H118N3O16P/c1-4-6-8-10-12-14-16-18-20-22-24-26-28-30-32-36-73(80)90-58-67(93-74(81)37-33-31-29-27-25-23-21-19-17-15-13-11-9-7-5-2)59-92-94(82,83)91-47-34-35-66(78)57-86-51-52-87-61-71(79)75-46-48-84-49-50-85-53-54-88-72-45-43-65(56-76-72)63-39-41-64(42-40-63)69-60-89-70-44-38-62(3)55-68(70)77-69/h38-45,55-56,67H,4-37,46-54,57-61H2,1-3H3,(H,75,79)(H,82,83). The summed E-state index contributed by atoms with van der Waals surface area (Å²) in [6, 6.07) is 18.0. The van der Waals surface area contributed by atoms with Crippen LogP contribution in [0.25, 0.3) is 11.1 Å². The molecular formula is C74H118N3O16P. The third-order valence-electron chi connectivity index (χ3n) is 16.3. The highest BCUT2D eigenvalue weighted by atomic mass is 31.2.